The lowest BCUT2D eigenvalue weighted by Gasteiger charge is -2.21. The second-order valence-corrected chi connectivity index (χ2v) is 30.1. The summed E-state index contributed by atoms with van der Waals surface area (Å²) in [5, 5.41) is 20.7. The number of aliphatic hydroxyl groups excluding tert-OH is 2. The smallest absolute Gasteiger partial charge is 0.463 e. The first-order chi connectivity index (χ1) is 51.2. The van der Waals surface area contributed by atoms with Crippen LogP contribution in [0.4, 0.5) is 0 Å². The predicted molar refractivity (Wildman–Crippen MR) is 436 cm³/mol. The van der Waals surface area contributed by atoms with E-state index in [0.29, 0.717) is 19.3 Å². The van der Waals surface area contributed by atoms with Gasteiger partial charge in [-0.3, -0.25) is 32.5 Å². The summed E-state index contributed by atoms with van der Waals surface area (Å²) in [4.78, 5) is 58.7. The molecule has 0 saturated carbocycles. The molecule has 0 radical (unpaired) electrons. The van der Waals surface area contributed by atoms with Crippen LogP contribution in [0.15, 0.2) is 146 Å². The lowest BCUT2D eigenvalue weighted by Crippen LogP contribution is -2.30. The summed E-state index contributed by atoms with van der Waals surface area (Å²) in [7, 11) is -9.80. The van der Waals surface area contributed by atoms with Gasteiger partial charge in [0.25, 0.3) is 0 Å². The van der Waals surface area contributed by atoms with Gasteiger partial charge in [0.15, 0.2) is 6.10 Å². The zero-order valence-electron chi connectivity index (χ0n) is 65.9. The second kappa shape index (κ2) is 79.0. The van der Waals surface area contributed by atoms with Crippen LogP contribution in [0.25, 0.3) is 0 Å². The Morgan fingerprint density at radius 1 is 0.276 bits per heavy atom. The Morgan fingerprint density at radius 2 is 0.505 bits per heavy atom. The first-order valence-corrected chi connectivity index (χ1v) is 44.1. The lowest BCUT2D eigenvalue weighted by molar-refractivity contribution is -0.161. The number of hydrogen-bond donors (Lipinski definition) is 4. The minimum absolute atomic E-state index is 0.0853. The number of ether oxygens (including phenoxy) is 3. The molecule has 5 atom stereocenters. The van der Waals surface area contributed by atoms with Crippen LogP contribution in [0.2, 0.25) is 0 Å². The summed E-state index contributed by atoms with van der Waals surface area (Å²) in [6, 6.07) is 0. The molecule has 5 unspecified atom stereocenters. The normalized spacial score (nSPS) is 14.7. The van der Waals surface area contributed by atoms with Gasteiger partial charge in [-0.1, -0.05) is 308 Å². The molecule has 0 amide bonds. The molecule has 0 aliphatic rings. The number of hydrogen-bond acceptors (Lipinski definition) is 14. The van der Waals surface area contributed by atoms with Gasteiger partial charge in [0.2, 0.25) is 0 Å². The van der Waals surface area contributed by atoms with Gasteiger partial charge in [-0.05, 0) is 148 Å². The first kappa shape index (κ1) is 100. The Hall–Kier alpha value is -4.57. The lowest BCUT2D eigenvalue weighted by atomic mass is 10.0. The van der Waals surface area contributed by atoms with Crippen LogP contribution in [-0.4, -0.2) is 95.9 Å². The maximum Gasteiger partial charge on any atom is 0.472 e. The van der Waals surface area contributed by atoms with E-state index in [1.807, 2.05) is 0 Å². The van der Waals surface area contributed by atoms with Gasteiger partial charge in [-0.15, -0.1) is 0 Å². The highest BCUT2D eigenvalue weighted by atomic mass is 31.2. The van der Waals surface area contributed by atoms with Crippen LogP contribution in [0.3, 0.4) is 0 Å². The van der Waals surface area contributed by atoms with E-state index >= 15 is 0 Å². The van der Waals surface area contributed by atoms with E-state index in [1.54, 1.807) is 0 Å². The van der Waals surface area contributed by atoms with Crippen LogP contribution in [0.5, 0.6) is 0 Å². The van der Waals surface area contributed by atoms with E-state index in [0.717, 1.165) is 167 Å². The fraction of sp³-hybridized carbons (Fsp3) is 0.690. The molecule has 18 heteroatoms. The largest absolute Gasteiger partial charge is 0.472 e. The monoisotopic (exact) mass is 1510 g/mol. The average molecular weight is 1510 g/mol. The molecule has 0 fully saturated rings. The van der Waals surface area contributed by atoms with Crippen molar-refractivity contribution in [1.82, 2.24) is 0 Å². The molecule has 0 saturated heterocycles. The number of phosphoric ester groups is 2. The van der Waals surface area contributed by atoms with Crippen molar-refractivity contribution >= 4 is 33.6 Å². The molecule has 0 aromatic rings. The van der Waals surface area contributed by atoms with Crippen LogP contribution < -0.4 is 0 Å². The van der Waals surface area contributed by atoms with Gasteiger partial charge in [-0.2, -0.15) is 0 Å². The van der Waals surface area contributed by atoms with Gasteiger partial charge >= 0.3 is 33.6 Å². The molecule has 16 nitrogen and oxygen atoms in total. The molecular weight excluding hydrogens is 1360 g/mol. The third-order valence-electron chi connectivity index (χ3n) is 17.0. The fourth-order valence-electron chi connectivity index (χ4n) is 10.8. The number of esters is 3. The average Bonchev–Trinajstić information content (AvgIpc) is 0.942. The Kier molecular flexibility index (Phi) is 75.6. The third-order valence-corrected chi connectivity index (χ3v) is 18.9. The maximum absolute atomic E-state index is 13.0. The summed E-state index contributed by atoms with van der Waals surface area (Å²) >= 11 is 0. The Morgan fingerprint density at radius 3 is 0.800 bits per heavy atom. The van der Waals surface area contributed by atoms with E-state index in [-0.39, 0.29) is 19.3 Å². The molecule has 0 spiro atoms. The molecule has 602 valence electrons. The molecule has 0 aromatic carbocycles. The molecule has 0 aliphatic heterocycles. The minimum Gasteiger partial charge on any atom is -0.463 e. The van der Waals surface area contributed by atoms with Crippen molar-refractivity contribution in [2.24, 2.45) is 0 Å². The van der Waals surface area contributed by atoms with E-state index in [1.165, 1.54) is 103 Å². The zero-order chi connectivity index (χ0) is 76.6. The van der Waals surface area contributed by atoms with Gasteiger partial charge in [0, 0.05) is 19.3 Å². The molecule has 0 rings (SSSR count). The number of carbonyl (C=O) groups excluding carboxylic acids is 3. The SMILES string of the molecule is CC/C=C\C/C=C\C/C=C\C/C=C\C/C=C\C/C=C\CCCCCCCCCCC(=O)OCC(O)COP(=O)(O)OCC(O)COP(=O)(O)OCC(COC(=O)CCCCCCCCCCCCC/C=C\C/C=C\C/C=C\C/C=C\CCCCC)OC(=O)CCCCCCC/C=C\C/C=C\CCCCC. The van der Waals surface area contributed by atoms with Gasteiger partial charge in [0.05, 0.1) is 26.4 Å². The van der Waals surface area contributed by atoms with Crippen molar-refractivity contribution in [2.45, 2.75) is 347 Å². The fourth-order valence-corrected chi connectivity index (χ4v) is 12.4. The highest BCUT2D eigenvalue weighted by Gasteiger charge is 2.29. The minimum atomic E-state index is -4.94. The van der Waals surface area contributed by atoms with E-state index in [2.05, 4.69) is 167 Å². The highest BCUT2D eigenvalue weighted by Crippen LogP contribution is 2.45. The van der Waals surface area contributed by atoms with E-state index < -0.39 is 91.5 Å². The van der Waals surface area contributed by atoms with Crippen LogP contribution >= 0.6 is 15.6 Å². The van der Waals surface area contributed by atoms with Crippen LogP contribution in [0.1, 0.15) is 329 Å². The van der Waals surface area contributed by atoms with Crippen LogP contribution in [-0.2, 0) is 55.8 Å². The van der Waals surface area contributed by atoms with Crippen molar-refractivity contribution in [3.8, 4) is 0 Å². The third kappa shape index (κ3) is 80.3. The number of aliphatic hydroxyl groups is 2. The Labute approximate surface area is 638 Å². The molecule has 0 aliphatic carbocycles. The van der Waals surface area contributed by atoms with Crippen molar-refractivity contribution < 1.29 is 75.8 Å². The topological polar surface area (TPSA) is 231 Å². The molecular formula is C87H148O16P2. The number of unbranched alkanes of at least 4 members (excludes halogenated alkanes) is 30. The molecule has 0 aromatic heterocycles. The van der Waals surface area contributed by atoms with Crippen molar-refractivity contribution in [3.05, 3.63) is 146 Å². The van der Waals surface area contributed by atoms with E-state index in [9.17, 15) is 43.5 Å². The Balaban J connectivity index is 4.59. The predicted octanol–water partition coefficient (Wildman–Crippen LogP) is 24.4. The van der Waals surface area contributed by atoms with Crippen LogP contribution in [0, 0.1) is 0 Å². The Bertz CT molecular complexity index is 2490. The van der Waals surface area contributed by atoms with Gasteiger partial charge < -0.3 is 34.2 Å². The summed E-state index contributed by atoms with van der Waals surface area (Å²) in [5.41, 5.74) is 0. The standard InChI is InChI=1S/C87H148O16P2/c1-4-7-10-13-16-19-22-25-28-30-32-34-36-38-40-42-44-46-48-50-53-55-58-61-64-67-70-73-85(90)97-76-82(88)77-99-104(93,94)100-78-83(89)79-101-105(95,96)102-81-84(103-87(92)75-72-69-66-63-60-57-52-27-24-21-18-15-12-9-6-3)80-98-86(91)74-71-68-65-62-59-56-54-51-49-47-45-43-41-39-37-35-33-31-29-26-23-20-17-14-11-8-5-2/h7,10,16-21,25-29,32-35,38-41,44,46,52,82-84,88-89H,4-6,8-9,11-15,22-24,30-31,36-37,42-43,45,47-51,53-81H2,1-3H3,(H,93,94)(H,95,96)/b10-7-,19-16-,20-17-,21-18-,28-25-,29-26-,34-32-,35-33-,40-38-,41-39-,46-44-,52-27-. The summed E-state index contributed by atoms with van der Waals surface area (Å²) < 4.78 is 61.2. The molecule has 105 heavy (non-hydrogen) atoms. The van der Waals surface area contributed by atoms with Crippen molar-refractivity contribution in [2.75, 3.05) is 39.6 Å². The number of allylic oxidation sites excluding steroid dienone is 24. The quantitative estimate of drug-likeness (QED) is 0.0146. The number of rotatable bonds is 77. The van der Waals surface area contributed by atoms with Gasteiger partial charge in [0.1, 0.15) is 25.4 Å². The first-order valence-electron chi connectivity index (χ1n) is 41.1. The zero-order valence-corrected chi connectivity index (χ0v) is 67.6. The number of phosphoric acid groups is 2. The summed E-state index contributed by atoms with van der Waals surface area (Å²) in [6.45, 7) is 2.50. The van der Waals surface area contributed by atoms with Crippen molar-refractivity contribution in [3.63, 3.8) is 0 Å². The molecule has 0 heterocycles. The summed E-state index contributed by atoms with van der Waals surface area (Å²) in [5.74, 6) is -1.60. The maximum atomic E-state index is 13.0. The molecule has 4 N–H and O–H groups in total. The number of carbonyl (C=O) groups is 3. The summed E-state index contributed by atoms with van der Waals surface area (Å²) in [6.07, 6.45) is 97.4. The second-order valence-electron chi connectivity index (χ2n) is 27.2. The van der Waals surface area contributed by atoms with Gasteiger partial charge in [-0.25, -0.2) is 9.13 Å². The molecule has 0 bridgehead atoms. The van der Waals surface area contributed by atoms with Crippen molar-refractivity contribution in [1.29, 1.82) is 0 Å². The van der Waals surface area contributed by atoms with E-state index in [4.69, 9.17) is 32.3 Å². The highest BCUT2D eigenvalue weighted by molar-refractivity contribution is 7.47.